The van der Waals surface area contributed by atoms with Gasteiger partial charge in [-0.1, -0.05) is 92.2 Å². The van der Waals surface area contributed by atoms with Crippen molar-refractivity contribution in [2.75, 3.05) is 0 Å². The molecule has 1 heterocycles. The predicted molar refractivity (Wildman–Crippen MR) is 128 cm³/mol. The molecule has 0 nitrogen and oxygen atoms in total. The first-order valence-corrected chi connectivity index (χ1v) is 10.9. The van der Waals surface area contributed by atoms with Gasteiger partial charge in [-0.3, -0.25) is 0 Å². The van der Waals surface area contributed by atoms with E-state index < -0.39 is 0 Å². The third kappa shape index (κ3) is 3.07. The third-order valence-corrected chi connectivity index (χ3v) is 7.22. The van der Waals surface area contributed by atoms with Gasteiger partial charge in [0.1, 0.15) is 0 Å². The van der Waals surface area contributed by atoms with Crippen LogP contribution in [0.4, 0.5) is 0 Å². The van der Waals surface area contributed by atoms with Crippen molar-refractivity contribution in [1.82, 2.24) is 0 Å². The van der Waals surface area contributed by atoms with E-state index in [0.717, 1.165) is 0 Å². The largest absolute Gasteiger partial charge is 0.135 e. The van der Waals surface area contributed by atoms with E-state index in [9.17, 15) is 0 Å². The smallest absolute Gasteiger partial charge is 0.0396 e. The average molecular weight is 393 g/mol. The van der Waals surface area contributed by atoms with Gasteiger partial charge in [0.2, 0.25) is 0 Å². The molecule has 0 aliphatic heterocycles. The van der Waals surface area contributed by atoms with Crippen molar-refractivity contribution >= 4 is 31.5 Å². The van der Waals surface area contributed by atoms with Gasteiger partial charge in [-0.15, -0.1) is 11.3 Å². The molecule has 0 amide bonds. The average Bonchev–Trinajstić information content (AvgIpc) is 3.12. The maximum Gasteiger partial charge on any atom is 0.0396 e. The van der Waals surface area contributed by atoms with Crippen LogP contribution in [-0.2, 0) is 5.41 Å². The van der Waals surface area contributed by atoms with E-state index in [0.29, 0.717) is 0 Å². The van der Waals surface area contributed by atoms with Crippen LogP contribution in [0, 0.1) is 6.92 Å². The standard InChI is InChI=1S/C28H24S/c1-19-10-9-11-20(16-19)21-17-24-23-14-7-8-15-26(23)29-27(24)25(18-21)28(2,3)22-12-5-4-6-13-22/h4-18H,1-3H3. The fourth-order valence-corrected chi connectivity index (χ4v) is 5.65. The predicted octanol–water partition coefficient (Wildman–Crippen LogP) is 8.36. The van der Waals surface area contributed by atoms with Crippen molar-refractivity contribution in [3.63, 3.8) is 0 Å². The van der Waals surface area contributed by atoms with Crippen molar-refractivity contribution in [2.45, 2.75) is 26.2 Å². The molecule has 4 aromatic carbocycles. The van der Waals surface area contributed by atoms with Crippen molar-refractivity contribution < 1.29 is 0 Å². The first-order chi connectivity index (χ1) is 14.0. The summed E-state index contributed by atoms with van der Waals surface area (Å²) in [6.07, 6.45) is 0. The molecule has 1 heteroatoms. The molecule has 5 rings (SSSR count). The van der Waals surface area contributed by atoms with Crippen molar-refractivity contribution in [1.29, 1.82) is 0 Å². The van der Waals surface area contributed by atoms with Gasteiger partial charge >= 0.3 is 0 Å². The first kappa shape index (κ1) is 18.1. The molecule has 29 heavy (non-hydrogen) atoms. The highest BCUT2D eigenvalue weighted by molar-refractivity contribution is 7.26. The quantitative estimate of drug-likeness (QED) is 0.289. The number of rotatable bonds is 3. The summed E-state index contributed by atoms with van der Waals surface area (Å²) in [6.45, 7) is 6.86. The molecular weight excluding hydrogens is 368 g/mol. The van der Waals surface area contributed by atoms with E-state index in [1.54, 1.807) is 0 Å². The second-order valence-electron chi connectivity index (χ2n) is 8.36. The van der Waals surface area contributed by atoms with Gasteiger partial charge in [0.15, 0.2) is 0 Å². The molecule has 0 saturated heterocycles. The van der Waals surface area contributed by atoms with E-state index in [4.69, 9.17) is 0 Å². The molecule has 0 bridgehead atoms. The van der Waals surface area contributed by atoms with Crippen LogP contribution in [0.15, 0.2) is 91.0 Å². The number of hydrogen-bond acceptors (Lipinski definition) is 1. The number of hydrogen-bond donors (Lipinski definition) is 0. The maximum absolute atomic E-state index is 2.42. The van der Waals surface area contributed by atoms with Crippen LogP contribution in [0.5, 0.6) is 0 Å². The van der Waals surface area contributed by atoms with Crippen LogP contribution in [-0.4, -0.2) is 0 Å². The number of aryl methyl sites for hydroxylation is 1. The van der Waals surface area contributed by atoms with E-state index >= 15 is 0 Å². The van der Waals surface area contributed by atoms with Crippen LogP contribution >= 0.6 is 11.3 Å². The molecule has 0 spiro atoms. The summed E-state index contributed by atoms with van der Waals surface area (Å²) in [5.41, 5.74) is 6.54. The summed E-state index contributed by atoms with van der Waals surface area (Å²) < 4.78 is 2.76. The molecule has 1 aromatic heterocycles. The summed E-state index contributed by atoms with van der Waals surface area (Å²) >= 11 is 1.92. The zero-order valence-corrected chi connectivity index (χ0v) is 17.9. The lowest BCUT2D eigenvalue weighted by molar-refractivity contribution is 0.648. The van der Waals surface area contributed by atoms with Crippen molar-refractivity contribution in [3.05, 3.63) is 108 Å². The highest BCUT2D eigenvalue weighted by Crippen LogP contribution is 2.44. The minimum atomic E-state index is -0.0831. The topological polar surface area (TPSA) is 0 Å². The number of fused-ring (bicyclic) bond motifs is 3. The van der Waals surface area contributed by atoms with Gasteiger partial charge in [-0.05, 0) is 47.4 Å². The lowest BCUT2D eigenvalue weighted by Crippen LogP contribution is -2.19. The molecule has 0 radical (unpaired) electrons. The second-order valence-corrected chi connectivity index (χ2v) is 9.41. The van der Waals surface area contributed by atoms with E-state index in [2.05, 4.69) is 112 Å². The minimum absolute atomic E-state index is 0.0831. The SMILES string of the molecule is Cc1cccc(-c2cc(C(C)(C)c3ccccc3)c3sc4ccccc4c3c2)c1. The lowest BCUT2D eigenvalue weighted by atomic mass is 9.77. The van der Waals surface area contributed by atoms with Crippen molar-refractivity contribution in [3.8, 4) is 11.1 Å². The van der Waals surface area contributed by atoms with Gasteiger partial charge < -0.3 is 0 Å². The molecule has 0 aliphatic carbocycles. The molecule has 0 aliphatic rings. The lowest BCUT2D eigenvalue weighted by Gasteiger charge is -2.27. The van der Waals surface area contributed by atoms with Gasteiger partial charge in [0, 0.05) is 25.6 Å². The Labute approximate surface area is 176 Å². The monoisotopic (exact) mass is 392 g/mol. The Bertz CT molecular complexity index is 1320. The van der Waals surface area contributed by atoms with Crippen LogP contribution in [0.2, 0.25) is 0 Å². The summed E-state index contributed by atoms with van der Waals surface area (Å²) in [5, 5.41) is 2.72. The van der Waals surface area contributed by atoms with Gasteiger partial charge in [0.05, 0.1) is 0 Å². The first-order valence-electron chi connectivity index (χ1n) is 10.1. The third-order valence-electron chi connectivity index (χ3n) is 6.00. The summed E-state index contributed by atoms with van der Waals surface area (Å²) in [5.74, 6) is 0. The Morgan fingerprint density at radius 1 is 0.655 bits per heavy atom. The molecule has 0 unspecified atom stereocenters. The molecule has 0 atom stereocenters. The summed E-state index contributed by atoms with van der Waals surface area (Å²) in [4.78, 5) is 0. The summed E-state index contributed by atoms with van der Waals surface area (Å²) in [7, 11) is 0. The number of benzene rings is 4. The van der Waals surface area contributed by atoms with Gasteiger partial charge in [-0.25, -0.2) is 0 Å². The fraction of sp³-hybridized carbons (Fsp3) is 0.143. The molecule has 142 valence electrons. The van der Waals surface area contributed by atoms with Crippen LogP contribution in [0.3, 0.4) is 0 Å². The normalized spacial score (nSPS) is 12.0. The summed E-state index contributed by atoms with van der Waals surface area (Å²) in [6, 6.07) is 33.3. The Balaban J connectivity index is 1.86. The molecular formula is C28H24S. The van der Waals surface area contributed by atoms with E-state index in [1.165, 1.54) is 48.0 Å². The van der Waals surface area contributed by atoms with E-state index in [1.807, 2.05) is 11.3 Å². The van der Waals surface area contributed by atoms with Crippen LogP contribution < -0.4 is 0 Å². The second kappa shape index (κ2) is 6.86. The number of thiophene rings is 1. The maximum atomic E-state index is 2.42. The Hall–Kier alpha value is -2.90. The minimum Gasteiger partial charge on any atom is -0.135 e. The van der Waals surface area contributed by atoms with Crippen LogP contribution in [0.25, 0.3) is 31.3 Å². The van der Waals surface area contributed by atoms with Crippen LogP contribution in [0.1, 0.15) is 30.5 Å². The molecule has 0 N–H and O–H groups in total. The molecule has 0 saturated carbocycles. The Morgan fingerprint density at radius 3 is 2.21 bits per heavy atom. The zero-order chi connectivity index (χ0) is 20.0. The van der Waals surface area contributed by atoms with Gasteiger partial charge in [-0.2, -0.15) is 0 Å². The highest BCUT2D eigenvalue weighted by atomic mass is 32.1. The van der Waals surface area contributed by atoms with Crippen molar-refractivity contribution in [2.24, 2.45) is 0 Å². The van der Waals surface area contributed by atoms with E-state index in [-0.39, 0.29) is 5.41 Å². The Kier molecular flexibility index (Phi) is 4.29. The molecule has 5 aromatic rings. The Morgan fingerprint density at radius 2 is 1.41 bits per heavy atom. The zero-order valence-electron chi connectivity index (χ0n) is 17.1. The fourth-order valence-electron chi connectivity index (χ4n) is 4.29. The molecule has 0 fully saturated rings. The highest BCUT2D eigenvalue weighted by Gasteiger charge is 2.27. The van der Waals surface area contributed by atoms with Gasteiger partial charge in [0.25, 0.3) is 0 Å².